The highest BCUT2D eigenvalue weighted by Gasteiger charge is 2.36. The molecule has 27 heavy (non-hydrogen) atoms. The Kier molecular flexibility index (Phi) is 5.42. The molecular formula is C18H12Cl3F2N3O. The molecular weight excluding hydrogens is 419 g/mol. The average Bonchev–Trinajstić information content (AvgIpc) is 2.97. The first-order valence-corrected chi connectivity index (χ1v) is 8.76. The number of para-hydroxylation sites is 1. The fraction of sp³-hybridized carbons (Fsp3) is 0.111. The first-order chi connectivity index (χ1) is 12.6. The minimum atomic E-state index is -3.77. The van der Waals surface area contributed by atoms with Crippen molar-refractivity contribution in [1.29, 1.82) is 0 Å². The summed E-state index contributed by atoms with van der Waals surface area (Å²) in [6.45, 7) is 0. The van der Waals surface area contributed by atoms with Gasteiger partial charge in [-0.1, -0.05) is 41.4 Å². The number of hydrogen-bond donors (Lipinski definition) is 1. The van der Waals surface area contributed by atoms with Gasteiger partial charge in [-0.3, -0.25) is 9.48 Å². The predicted molar refractivity (Wildman–Crippen MR) is 103 cm³/mol. The molecule has 140 valence electrons. The van der Waals surface area contributed by atoms with Gasteiger partial charge in [0.2, 0.25) is 0 Å². The van der Waals surface area contributed by atoms with Crippen molar-refractivity contribution < 1.29 is 13.6 Å². The van der Waals surface area contributed by atoms with Crippen molar-refractivity contribution in [3.05, 3.63) is 70.0 Å². The number of carbonyl (C=O) groups is 1. The molecule has 0 aliphatic heterocycles. The standard InChI is InChI=1S/C18H12Cl3F2N3O/c1-26-9-14(16(25-26)18(21,22)23)17(27)24-15-5-3-2-4-13(15)10-6-11(19)8-12(20)7-10/h2-9H,1H3,(H,24,27). The number of alkyl halides is 3. The highest BCUT2D eigenvalue weighted by Crippen LogP contribution is 2.35. The second-order valence-electron chi connectivity index (χ2n) is 5.72. The molecule has 1 aromatic heterocycles. The van der Waals surface area contributed by atoms with Crippen LogP contribution in [-0.4, -0.2) is 15.7 Å². The van der Waals surface area contributed by atoms with Crippen LogP contribution in [0.4, 0.5) is 14.5 Å². The van der Waals surface area contributed by atoms with Gasteiger partial charge in [0.1, 0.15) is 0 Å². The number of benzene rings is 2. The third-order valence-corrected chi connectivity index (χ3v) is 4.31. The van der Waals surface area contributed by atoms with E-state index in [-0.39, 0.29) is 5.56 Å². The first-order valence-electron chi connectivity index (χ1n) is 7.63. The van der Waals surface area contributed by atoms with Crippen LogP contribution in [0.1, 0.15) is 16.1 Å². The van der Waals surface area contributed by atoms with Crippen LogP contribution in [0.3, 0.4) is 0 Å². The number of nitrogens with one attached hydrogen (secondary N) is 1. The Bertz CT molecular complexity index is 995. The van der Waals surface area contributed by atoms with Crippen molar-refractivity contribution in [1.82, 2.24) is 9.78 Å². The molecule has 0 saturated heterocycles. The van der Waals surface area contributed by atoms with Gasteiger partial charge in [0.25, 0.3) is 5.91 Å². The summed E-state index contributed by atoms with van der Waals surface area (Å²) in [6.07, 6.45) is 1.18. The zero-order valence-electron chi connectivity index (χ0n) is 13.8. The zero-order chi connectivity index (χ0) is 19.8. The summed E-state index contributed by atoms with van der Waals surface area (Å²) in [5.41, 5.74) is 0.549. The first kappa shape index (κ1) is 19.6. The Balaban J connectivity index is 1.99. The molecule has 0 spiro atoms. The van der Waals surface area contributed by atoms with Gasteiger partial charge in [-0.25, -0.2) is 0 Å². The second kappa shape index (κ2) is 7.46. The van der Waals surface area contributed by atoms with E-state index in [4.69, 9.17) is 34.8 Å². The maximum absolute atomic E-state index is 13.5. The molecule has 0 fully saturated rings. The molecule has 3 aromatic rings. The number of aryl methyl sites for hydroxylation is 1. The summed E-state index contributed by atoms with van der Waals surface area (Å²) >= 11 is 17.2. The van der Waals surface area contributed by atoms with E-state index in [1.807, 2.05) is 0 Å². The van der Waals surface area contributed by atoms with Crippen molar-refractivity contribution in [3.63, 3.8) is 0 Å². The van der Waals surface area contributed by atoms with Gasteiger partial charge in [0.15, 0.2) is 5.69 Å². The molecule has 0 atom stereocenters. The topological polar surface area (TPSA) is 46.9 Å². The molecule has 9 heteroatoms. The van der Waals surface area contributed by atoms with Crippen LogP contribution in [0.5, 0.6) is 0 Å². The molecule has 2 aromatic carbocycles. The minimum absolute atomic E-state index is 0.323. The molecule has 0 saturated carbocycles. The number of rotatable bonds is 4. The SMILES string of the molecule is Cn1cc(C(=O)Nc2ccccc2-c2cc(Cl)cc(Cl)c2)c(C(F)(F)Cl)n1. The highest BCUT2D eigenvalue weighted by atomic mass is 35.5. The van der Waals surface area contributed by atoms with Gasteiger partial charge in [0.05, 0.1) is 5.56 Å². The summed E-state index contributed by atoms with van der Waals surface area (Å²) in [5.74, 6) is -0.765. The summed E-state index contributed by atoms with van der Waals surface area (Å²) in [5, 5.41) is 3.29. The van der Waals surface area contributed by atoms with Crippen molar-refractivity contribution in [2.24, 2.45) is 7.05 Å². The van der Waals surface area contributed by atoms with Crippen LogP contribution in [-0.2, 0) is 12.4 Å². The lowest BCUT2D eigenvalue weighted by Crippen LogP contribution is -2.17. The second-order valence-corrected chi connectivity index (χ2v) is 7.07. The van der Waals surface area contributed by atoms with E-state index >= 15 is 0 Å². The molecule has 0 bridgehead atoms. The largest absolute Gasteiger partial charge is 0.367 e. The van der Waals surface area contributed by atoms with E-state index in [1.165, 1.54) is 13.2 Å². The van der Waals surface area contributed by atoms with Crippen LogP contribution >= 0.6 is 34.8 Å². The normalized spacial score (nSPS) is 11.5. The molecule has 1 amide bonds. The molecule has 1 heterocycles. The fourth-order valence-corrected chi connectivity index (χ4v) is 3.27. The Morgan fingerprint density at radius 2 is 1.78 bits per heavy atom. The quantitative estimate of drug-likeness (QED) is 0.521. The number of aromatic nitrogens is 2. The summed E-state index contributed by atoms with van der Waals surface area (Å²) in [4.78, 5) is 12.6. The smallest absolute Gasteiger partial charge is 0.321 e. The van der Waals surface area contributed by atoms with Crippen molar-refractivity contribution >= 4 is 46.4 Å². The number of anilines is 1. The highest BCUT2D eigenvalue weighted by molar-refractivity contribution is 6.35. The Labute approximate surface area is 168 Å². The number of halogens is 5. The van der Waals surface area contributed by atoms with Gasteiger partial charge in [0, 0.05) is 34.5 Å². The molecule has 4 nitrogen and oxygen atoms in total. The van der Waals surface area contributed by atoms with Gasteiger partial charge in [-0.15, -0.1) is 0 Å². The molecule has 0 radical (unpaired) electrons. The fourth-order valence-electron chi connectivity index (χ4n) is 2.61. The molecule has 3 rings (SSSR count). The van der Waals surface area contributed by atoms with Crippen LogP contribution in [0.25, 0.3) is 11.1 Å². The third kappa shape index (κ3) is 4.40. The lowest BCUT2D eigenvalue weighted by molar-refractivity contribution is 0.0849. The molecule has 0 aliphatic rings. The monoisotopic (exact) mass is 429 g/mol. The van der Waals surface area contributed by atoms with Gasteiger partial charge < -0.3 is 5.32 Å². The van der Waals surface area contributed by atoms with Gasteiger partial charge in [-0.2, -0.15) is 13.9 Å². The summed E-state index contributed by atoms with van der Waals surface area (Å²) in [6, 6.07) is 11.8. The number of hydrogen-bond acceptors (Lipinski definition) is 2. The van der Waals surface area contributed by atoms with Crippen molar-refractivity contribution in [3.8, 4) is 11.1 Å². The molecule has 1 N–H and O–H groups in total. The maximum atomic E-state index is 13.5. The van der Waals surface area contributed by atoms with E-state index in [1.54, 1.807) is 42.5 Å². The lowest BCUT2D eigenvalue weighted by Gasteiger charge is -2.13. The predicted octanol–water partition coefficient (Wildman–Crippen LogP) is 5.93. The Hall–Kier alpha value is -2.15. The zero-order valence-corrected chi connectivity index (χ0v) is 16.1. The van der Waals surface area contributed by atoms with E-state index in [2.05, 4.69) is 10.4 Å². The molecule has 0 aliphatic carbocycles. The van der Waals surface area contributed by atoms with Crippen molar-refractivity contribution in [2.75, 3.05) is 5.32 Å². The van der Waals surface area contributed by atoms with Crippen LogP contribution in [0.2, 0.25) is 10.0 Å². The third-order valence-electron chi connectivity index (χ3n) is 3.69. The Morgan fingerprint density at radius 3 is 2.41 bits per heavy atom. The Morgan fingerprint density at radius 1 is 1.15 bits per heavy atom. The van der Waals surface area contributed by atoms with Crippen molar-refractivity contribution in [2.45, 2.75) is 5.38 Å². The summed E-state index contributed by atoms with van der Waals surface area (Å²) in [7, 11) is 1.42. The minimum Gasteiger partial charge on any atom is -0.321 e. The van der Waals surface area contributed by atoms with Gasteiger partial charge >= 0.3 is 5.38 Å². The van der Waals surface area contributed by atoms with Crippen LogP contribution in [0.15, 0.2) is 48.7 Å². The van der Waals surface area contributed by atoms with E-state index in [9.17, 15) is 13.6 Å². The summed E-state index contributed by atoms with van der Waals surface area (Å²) < 4.78 is 28.2. The van der Waals surface area contributed by atoms with E-state index in [0.29, 0.717) is 26.9 Å². The van der Waals surface area contributed by atoms with Crippen LogP contribution in [0, 0.1) is 0 Å². The number of nitrogens with zero attached hydrogens (tertiary/aromatic N) is 2. The van der Waals surface area contributed by atoms with Crippen LogP contribution < -0.4 is 5.32 Å². The lowest BCUT2D eigenvalue weighted by atomic mass is 10.0. The number of carbonyl (C=O) groups excluding carboxylic acids is 1. The average molecular weight is 431 g/mol. The van der Waals surface area contributed by atoms with E-state index < -0.39 is 17.0 Å². The maximum Gasteiger partial charge on any atom is 0.367 e. The van der Waals surface area contributed by atoms with Gasteiger partial charge in [-0.05, 0) is 41.4 Å². The number of amides is 1. The van der Waals surface area contributed by atoms with E-state index in [0.717, 1.165) is 4.68 Å². The molecule has 0 unspecified atom stereocenters.